The molecule has 0 N–H and O–H groups in total. The summed E-state index contributed by atoms with van der Waals surface area (Å²) in [7, 11) is 0. The lowest BCUT2D eigenvalue weighted by atomic mass is 10.1. The molecule has 0 aliphatic rings. The second-order valence-corrected chi connectivity index (χ2v) is 9.55. The Morgan fingerprint density at radius 3 is 1.09 bits per heavy atom. The molecule has 0 fully saturated rings. The highest BCUT2D eigenvalue weighted by Gasteiger charge is 2.03. The maximum Gasteiger partial charge on any atom is 0.333 e. The van der Waals surface area contributed by atoms with Crippen LogP contribution >= 0.6 is 0 Å². The summed E-state index contributed by atoms with van der Waals surface area (Å²) in [4.78, 5) is 22.8. The number of carbonyl (C=O) groups is 2. The second kappa shape index (κ2) is 34.8. The molecule has 0 atom stereocenters. The molecule has 0 rings (SSSR count). The Morgan fingerprint density at radius 1 is 0.442 bits per heavy atom. The number of rotatable bonds is 35. The van der Waals surface area contributed by atoms with Crippen LogP contribution < -0.4 is 0 Å². The molecule has 0 unspecified atom stereocenters. The summed E-state index contributed by atoms with van der Waals surface area (Å²) in [6, 6.07) is 0. The lowest BCUT2D eigenvalue weighted by Gasteiger charge is -2.09. The topological polar surface area (TPSA) is 126 Å². The molecule has 0 amide bonds. The van der Waals surface area contributed by atoms with Gasteiger partial charge in [0.25, 0.3) is 0 Å². The number of esters is 2. The molecular weight excluding hydrogens is 564 g/mol. The SMILES string of the molecule is C=C(C)C(=O)OCCOCCOCCOCCOCCOCCOCCOCCOCCOC(=O)CCCCCCCC. The normalized spacial score (nSPS) is 11.1. The maximum atomic E-state index is 11.6. The summed E-state index contributed by atoms with van der Waals surface area (Å²) in [5, 5.41) is 0. The van der Waals surface area contributed by atoms with Gasteiger partial charge in [0.15, 0.2) is 0 Å². The van der Waals surface area contributed by atoms with Crippen LogP contribution in [-0.4, -0.2) is 131 Å². The number of ether oxygens (including phenoxy) is 10. The third kappa shape index (κ3) is 34.7. The van der Waals surface area contributed by atoms with Crippen LogP contribution in [0.5, 0.6) is 0 Å². The Morgan fingerprint density at radius 2 is 0.744 bits per heavy atom. The summed E-state index contributed by atoms with van der Waals surface area (Å²) in [5.41, 5.74) is 0.369. The van der Waals surface area contributed by atoms with Gasteiger partial charge in [-0.1, -0.05) is 45.6 Å². The van der Waals surface area contributed by atoms with E-state index in [2.05, 4.69) is 13.5 Å². The van der Waals surface area contributed by atoms with E-state index in [9.17, 15) is 9.59 Å². The standard InChI is InChI=1S/C31H58O12/c1-4-5-6-7-8-9-10-30(32)42-27-25-40-23-21-38-19-17-36-15-13-34-11-12-35-14-16-37-18-20-39-22-24-41-26-28-43-31(33)29(2)3/h2,4-28H2,1,3H3. The van der Waals surface area contributed by atoms with Gasteiger partial charge in [-0.15, -0.1) is 0 Å². The Balaban J connectivity index is 3.12. The van der Waals surface area contributed by atoms with Crippen LogP contribution in [0.15, 0.2) is 12.2 Å². The predicted octanol–water partition coefficient (Wildman–Crippen LogP) is 3.53. The van der Waals surface area contributed by atoms with Crippen LogP contribution in [0.3, 0.4) is 0 Å². The highest BCUT2D eigenvalue weighted by molar-refractivity contribution is 5.86. The van der Waals surface area contributed by atoms with Crippen molar-refractivity contribution in [2.75, 3.05) is 119 Å². The fourth-order valence-corrected chi connectivity index (χ4v) is 3.29. The van der Waals surface area contributed by atoms with Crippen molar-refractivity contribution >= 4 is 11.9 Å². The van der Waals surface area contributed by atoms with Gasteiger partial charge in [0.05, 0.1) is 106 Å². The zero-order valence-corrected chi connectivity index (χ0v) is 26.8. The molecular formula is C31H58O12. The third-order valence-corrected chi connectivity index (χ3v) is 5.64. The van der Waals surface area contributed by atoms with Gasteiger partial charge in [0.2, 0.25) is 0 Å². The average Bonchev–Trinajstić information content (AvgIpc) is 3.00. The van der Waals surface area contributed by atoms with Gasteiger partial charge in [-0.2, -0.15) is 0 Å². The van der Waals surface area contributed by atoms with Crippen LogP contribution in [0.4, 0.5) is 0 Å². The molecule has 0 saturated carbocycles. The van der Waals surface area contributed by atoms with Gasteiger partial charge in [-0.25, -0.2) is 4.79 Å². The lowest BCUT2D eigenvalue weighted by Crippen LogP contribution is -2.15. The van der Waals surface area contributed by atoms with Crippen molar-refractivity contribution in [3.8, 4) is 0 Å². The van der Waals surface area contributed by atoms with Crippen LogP contribution in [0.1, 0.15) is 58.8 Å². The van der Waals surface area contributed by atoms with Crippen LogP contribution in [0.2, 0.25) is 0 Å². The summed E-state index contributed by atoms with van der Waals surface area (Å²) in [5.74, 6) is -0.561. The molecule has 0 aliphatic heterocycles. The van der Waals surface area contributed by atoms with E-state index in [0.29, 0.717) is 118 Å². The van der Waals surface area contributed by atoms with E-state index in [1.54, 1.807) is 6.92 Å². The zero-order chi connectivity index (χ0) is 31.5. The quantitative estimate of drug-likeness (QED) is 0.0583. The second-order valence-electron chi connectivity index (χ2n) is 9.55. The van der Waals surface area contributed by atoms with E-state index in [4.69, 9.17) is 47.4 Å². The van der Waals surface area contributed by atoms with E-state index in [1.165, 1.54) is 25.7 Å². The first-order chi connectivity index (χ1) is 21.1. The fourth-order valence-electron chi connectivity index (χ4n) is 3.29. The molecule has 0 radical (unpaired) electrons. The van der Waals surface area contributed by atoms with Gasteiger partial charge >= 0.3 is 11.9 Å². The molecule has 254 valence electrons. The molecule has 0 aromatic rings. The molecule has 0 aromatic heterocycles. The summed E-state index contributed by atoms with van der Waals surface area (Å²) < 4.78 is 53.4. The van der Waals surface area contributed by atoms with Crippen molar-refractivity contribution in [1.29, 1.82) is 0 Å². The lowest BCUT2D eigenvalue weighted by molar-refractivity contribution is -0.145. The van der Waals surface area contributed by atoms with E-state index in [0.717, 1.165) is 12.8 Å². The summed E-state index contributed by atoms with van der Waals surface area (Å²) >= 11 is 0. The minimum absolute atomic E-state index is 0.147. The molecule has 0 spiro atoms. The highest BCUT2D eigenvalue weighted by Crippen LogP contribution is 2.07. The van der Waals surface area contributed by atoms with Crippen LogP contribution in [0.25, 0.3) is 0 Å². The third-order valence-electron chi connectivity index (χ3n) is 5.64. The first-order valence-electron chi connectivity index (χ1n) is 15.7. The van der Waals surface area contributed by atoms with Gasteiger partial charge < -0.3 is 47.4 Å². The highest BCUT2D eigenvalue weighted by atomic mass is 16.6. The van der Waals surface area contributed by atoms with E-state index in [-0.39, 0.29) is 19.2 Å². The van der Waals surface area contributed by atoms with Crippen molar-refractivity contribution in [3.05, 3.63) is 12.2 Å². The largest absolute Gasteiger partial charge is 0.463 e. The Bertz CT molecular complexity index is 632. The van der Waals surface area contributed by atoms with Crippen molar-refractivity contribution in [3.63, 3.8) is 0 Å². The van der Waals surface area contributed by atoms with E-state index in [1.807, 2.05) is 0 Å². The monoisotopic (exact) mass is 622 g/mol. The molecule has 12 heteroatoms. The van der Waals surface area contributed by atoms with Gasteiger partial charge in [0, 0.05) is 12.0 Å². The molecule has 43 heavy (non-hydrogen) atoms. The van der Waals surface area contributed by atoms with Crippen molar-refractivity contribution in [1.82, 2.24) is 0 Å². The summed E-state index contributed by atoms with van der Waals surface area (Å²) in [6.07, 6.45) is 7.41. The Labute approximate surface area is 258 Å². The fraction of sp³-hybridized carbons (Fsp3) is 0.871. The predicted molar refractivity (Wildman–Crippen MR) is 161 cm³/mol. The molecule has 0 saturated heterocycles. The minimum Gasteiger partial charge on any atom is -0.463 e. The number of carbonyl (C=O) groups excluding carboxylic acids is 2. The molecule has 0 bridgehead atoms. The van der Waals surface area contributed by atoms with E-state index < -0.39 is 5.97 Å². The Kier molecular flexibility index (Phi) is 33.5. The summed E-state index contributed by atoms with van der Waals surface area (Å²) in [6.45, 7) is 15.1. The average molecular weight is 623 g/mol. The van der Waals surface area contributed by atoms with Crippen molar-refractivity contribution in [2.45, 2.75) is 58.8 Å². The zero-order valence-electron chi connectivity index (χ0n) is 26.8. The molecule has 0 aliphatic carbocycles. The minimum atomic E-state index is -0.414. The van der Waals surface area contributed by atoms with E-state index >= 15 is 0 Å². The van der Waals surface area contributed by atoms with Gasteiger partial charge in [-0.05, 0) is 13.3 Å². The number of unbranched alkanes of at least 4 members (excludes halogenated alkanes) is 5. The first kappa shape index (κ1) is 41.4. The van der Waals surface area contributed by atoms with Gasteiger partial charge in [0.1, 0.15) is 13.2 Å². The molecule has 0 aromatic carbocycles. The van der Waals surface area contributed by atoms with Crippen LogP contribution in [0, 0.1) is 0 Å². The number of hydrogen-bond donors (Lipinski definition) is 0. The van der Waals surface area contributed by atoms with Crippen LogP contribution in [-0.2, 0) is 57.0 Å². The molecule has 12 nitrogen and oxygen atoms in total. The number of hydrogen-bond acceptors (Lipinski definition) is 12. The van der Waals surface area contributed by atoms with Crippen molar-refractivity contribution < 1.29 is 57.0 Å². The molecule has 0 heterocycles. The maximum absolute atomic E-state index is 11.6. The Hall–Kier alpha value is -1.64. The first-order valence-corrected chi connectivity index (χ1v) is 15.7. The smallest absolute Gasteiger partial charge is 0.333 e. The van der Waals surface area contributed by atoms with Crippen molar-refractivity contribution in [2.24, 2.45) is 0 Å². The van der Waals surface area contributed by atoms with Gasteiger partial charge in [-0.3, -0.25) is 4.79 Å².